The minimum atomic E-state index is 1.69. The molecular formula is C5H6N2. The Hall–Kier alpha value is -1.05. The fourth-order valence-electron chi connectivity index (χ4n) is 0.342. The van der Waals surface area contributed by atoms with E-state index in [0.717, 1.165) is 0 Å². The van der Waals surface area contributed by atoms with Crippen LogP contribution in [0.15, 0.2) is 29.5 Å². The highest BCUT2D eigenvalue weighted by Gasteiger charge is 1.68. The second-order valence-electron chi connectivity index (χ2n) is 1.15. The highest BCUT2D eigenvalue weighted by atomic mass is 15.3. The molecule has 0 amide bonds. The van der Waals surface area contributed by atoms with E-state index in [-0.39, 0.29) is 0 Å². The van der Waals surface area contributed by atoms with Crippen LogP contribution in [0.3, 0.4) is 0 Å². The second-order valence-corrected chi connectivity index (χ2v) is 1.15. The third kappa shape index (κ3) is 1.22. The Morgan fingerprint density at radius 1 is 1.14 bits per heavy atom. The summed E-state index contributed by atoms with van der Waals surface area (Å²) < 4.78 is 0. The molecule has 0 aliphatic carbocycles. The third-order valence-electron chi connectivity index (χ3n) is 0.628. The van der Waals surface area contributed by atoms with Crippen molar-refractivity contribution in [3.63, 3.8) is 0 Å². The molecule has 0 aromatic heterocycles. The highest BCUT2D eigenvalue weighted by molar-refractivity contribution is 5.71. The summed E-state index contributed by atoms with van der Waals surface area (Å²) >= 11 is 0. The Balaban J connectivity index is 2.60. The molecule has 1 aliphatic heterocycles. The molecule has 0 bridgehead atoms. The van der Waals surface area contributed by atoms with Crippen LogP contribution in [-0.2, 0) is 0 Å². The molecule has 2 nitrogen and oxygen atoms in total. The van der Waals surface area contributed by atoms with E-state index >= 15 is 0 Å². The lowest BCUT2D eigenvalue weighted by molar-refractivity contribution is 0.980. The maximum absolute atomic E-state index is 3.72. The predicted octanol–water partition coefficient (Wildman–Crippen LogP) is 0.645. The summed E-state index contributed by atoms with van der Waals surface area (Å²) in [5.74, 6) is 0. The maximum atomic E-state index is 3.72. The summed E-state index contributed by atoms with van der Waals surface area (Å²) in [6.07, 6.45) is 9.10. The molecule has 0 saturated carbocycles. The Kier molecular flexibility index (Phi) is 1.28. The molecule has 36 valence electrons. The Morgan fingerprint density at radius 2 is 2.14 bits per heavy atom. The molecule has 1 aliphatic rings. The second kappa shape index (κ2) is 2.18. The van der Waals surface area contributed by atoms with E-state index in [1.165, 1.54) is 0 Å². The van der Waals surface area contributed by atoms with E-state index in [4.69, 9.17) is 0 Å². The van der Waals surface area contributed by atoms with Gasteiger partial charge in [-0.15, -0.1) is 0 Å². The smallest absolute Gasteiger partial charge is 0.0472 e. The highest BCUT2D eigenvalue weighted by Crippen LogP contribution is 1.76. The summed E-state index contributed by atoms with van der Waals surface area (Å²) in [4.78, 5) is 0. The van der Waals surface area contributed by atoms with Crippen LogP contribution in [0.25, 0.3) is 0 Å². The van der Waals surface area contributed by atoms with Crippen molar-refractivity contribution in [2.45, 2.75) is 0 Å². The van der Waals surface area contributed by atoms with E-state index in [1.54, 1.807) is 12.4 Å². The molecule has 1 rings (SSSR count). The summed E-state index contributed by atoms with van der Waals surface area (Å²) in [5.41, 5.74) is 2.67. The van der Waals surface area contributed by atoms with Gasteiger partial charge in [0.25, 0.3) is 0 Å². The van der Waals surface area contributed by atoms with E-state index in [9.17, 15) is 0 Å². The molecule has 0 fully saturated rings. The fraction of sp³-hybridized carbons (Fsp3) is 0. The number of hydrazone groups is 1. The van der Waals surface area contributed by atoms with Gasteiger partial charge in [-0.2, -0.15) is 5.10 Å². The van der Waals surface area contributed by atoms with Crippen molar-refractivity contribution >= 4 is 6.21 Å². The minimum absolute atomic E-state index is 1.69. The van der Waals surface area contributed by atoms with Crippen LogP contribution < -0.4 is 5.43 Å². The van der Waals surface area contributed by atoms with Crippen molar-refractivity contribution in [1.29, 1.82) is 0 Å². The quantitative estimate of drug-likeness (QED) is 0.468. The lowest BCUT2D eigenvalue weighted by Gasteiger charge is -1.78. The van der Waals surface area contributed by atoms with Gasteiger partial charge in [-0.1, -0.05) is 6.08 Å². The first kappa shape index (κ1) is 4.12. The monoisotopic (exact) mass is 94.1 g/mol. The first-order valence-electron chi connectivity index (χ1n) is 2.10. The van der Waals surface area contributed by atoms with Crippen molar-refractivity contribution in [2.24, 2.45) is 5.10 Å². The molecule has 2 heteroatoms. The number of hydrogen-bond donors (Lipinski definition) is 1. The molecule has 0 unspecified atom stereocenters. The lowest BCUT2D eigenvalue weighted by Crippen LogP contribution is -1.89. The van der Waals surface area contributed by atoms with Crippen molar-refractivity contribution in [1.82, 2.24) is 5.43 Å². The molecule has 7 heavy (non-hydrogen) atoms. The van der Waals surface area contributed by atoms with Gasteiger partial charge < -0.3 is 0 Å². The van der Waals surface area contributed by atoms with Gasteiger partial charge in [0.05, 0.1) is 0 Å². The first-order chi connectivity index (χ1) is 3.50. The van der Waals surface area contributed by atoms with Gasteiger partial charge in [0.1, 0.15) is 0 Å². The van der Waals surface area contributed by atoms with Gasteiger partial charge in [-0.05, 0) is 12.2 Å². The third-order valence-corrected chi connectivity index (χ3v) is 0.628. The van der Waals surface area contributed by atoms with Crippen LogP contribution in [0.5, 0.6) is 0 Å². The normalized spacial score (nSPS) is 16.0. The molecule has 0 aromatic carbocycles. The molecule has 0 aromatic rings. The number of hydrogen-bond acceptors (Lipinski definition) is 2. The molecule has 1 heterocycles. The van der Waals surface area contributed by atoms with E-state index in [0.29, 0.717) is 0 Å². The van der Waals surface area contributed by atoms with E-state index in [1.807, 2.05) is 18.2 Å². The zero-order valence-electron chi connectivity index (χ0n) is 3.83. The van der Waals surface area contributed by atoms with Crippen molar-refractivity contribution in [3.8, 4) is 0 Å². The predicted molar refractivity (Wildman–Crippen MR) is 29.9 cm³/mol. The van der Waals surface area contributed by atoms with Crippen LogP contribution in [0.4, 0.5) is 0 Å². The van der Waals surface area contributed by atoms with Gasteiger partial charge in [0.2, 0.25) is 0 Å². The van der Waals surface area contributed by atoms with Gasteiger partial charge >= 0.3 is 0 Å². The molecule has 0 spiro atoms. The largest absolute Gasteiger partial charge is 0.286 e. The zero-order chi connectivity index (χ0) is 4.95. The Labute approximate surface area is 42.2 Å². The summed E-state index contributed by atoms with van der Waals surface area (Å²) in [6.45, 7) is 0. The Morgan fingerprint density at radius 3 is 3.14 bits per heavy atom. The molecule has 1 N–H and O–H groups in total. The number of rotatable bonds is 0. The van der Waals surface area contributed by atoms with Gasteiger partial charge in [-0.25, -0.2) is 0 Å². The van der Waals surface area contributed by atoms with Crippen LogP contribution >= 0.6 is 0 Å². The number of allylic oxidation sites excluding steroid dienone is 3. The SMILES string of the molecule is C1=CC=NNC=C1. The average Bonchev–Trinajstić information content (AvgIpc) is 1.90. The number of nitrogens with zero attached hydrogens (tertiary/aromatic N) is 1. The minimum Gasteiger partial charge on any atom is -0.286 e. The van der Waals surface area contributed by atoms with Crippen LogP contribution in [-0.4, -0.2) is 6.21 Å². The Bertz CT molecular complexity index is 108. The molecule has 0 radical (unpaired) electrons. The zero-order valence-corrected chi connectivity index (χ0v) is 3.83. The summed E-state index contributed by atoms with van der Waals surface area (Å²) in [7, 11) is 0. The van der Waals surface area contributed by atoms with Crippen LogP contribution in [0, 0.1) is 0 Å². The number of nitrogens with one attached hydrogen (secondary N) is 1. The van der Waals surface area contributed by atoms with Crippen LogP contribution in [0.2, 0.25) is 0 Å². The van der Waals surface area contributed by atoms with Crippen molar-refractivity contribution < 1.29 is 0 Å². The van der Waals surface area contributed by atoms with E-state index < -0.39 is 0 Å². The summed E-state index contributed by atoms with van der Waals surface area (Å²) in [5, 5.41) is 3.72. The van der Waals surface area contributed by atoms with Gasteiger partial charge in [0, 0.05) is 12.4 Å². The van der Waals surface area contributed by atoms with Gasteiger partial charge in [-0.3, -0.25) is 5.43 Å². The van der Waals surface area contributed by atoms with Crippen molar-refractivity contribution in [3.05, 3.63) is 24.4 Å². The lowest BCUT2D eigenvalue weighted by atomic mass is 10.5. The van der Waals surface area contributed by atoms with E-state index in [2.05, 4.69) is 10.5 Å². The van der Waals surface area contributed by atoms with Crippen LogP contribution in [0.1, 0.15) is 0 Å². The topological polar surface area (TPSA) is 24.4 Å². The molecule has 0 saturated heterocycles. The summed E-state index contributed by atoms with van der Waals surface area (Å²) in [6, 6.07) is 0. The van der Waals surface area contributed by atoms with Crippen molar-refractivity contribution in [2.75, 3.05) is 0 Å². The first-order valence-corrected chi connectivity index (χ1v) is 2.10. The standard InChI is InChI=1S/C5H6N2/c1-2-4-6-7-5-3-1/h1-6H. The molecular weight excluding hydrogens is 88.1 g/mol. The maximum Gasteiger partial charge on any atom is 0.0472 e. The average molecular weight is 94.1 g/mol. The van der Waals surface area contributed by atoms with Gasteiger partial charge in [0.15, 0.2) is 0 Å². The molecule has 0 atom stereocenters. The fourth-order valence-corrected chi connectivity index (χ4v) is 0.342.